The van der Waals surface area contributed by atoms with Crippen LogP contribution in [0, 0.1) is 0 Å². The number of alkyl halides is 2. The van der Waals surface area contributed by atoms with Crippen molar-refractivity contribution in [2.24, 2.45) is 0 Å². The van der Waals surface area contributed by atoms with Gasteiger partial charge in [-0.25, -0.2) is 18.6 Å². The highest BCUT2D eigenvalue weighted by Crippen LogP contribution is 2.34. The minimum Gasteiger partial charge on any atom is -0.493 e. The Bertz CT molecular complexity index is 1070. The maximum Gasteiger partial charge on any atom is 0.324 e. The van der Waals surface area contributed by atoms with Crippen molar-refractivity contribution in [3.8, 4) is 5.75 Å². The van der Waals surface area contributed by atoms with Crippen LogP contribution in [0.2, 0.25) is 0 Å². The molecule has 3 aromatic rings. The van der Waals surface area contributed by atoms with Crippen molar-refractivity contribution in [2.75, 3.05) is 24.6 Å². The van der Waals surface area contributed by atoms with Gasteiger partial charge >= 0.3 is 6.03 Å². The van der Waals surface area contributed by atoms with E-state index in [2.05, 4.69) is 16.9 Å². The molecule has 0 spiro atoms. The molecule has 170 valence electrons. The average molecular weight is 443 g/mol. The SMILES string of the molecule is CCCCCOc1cc(N2CCCN(Cc3ccnc4[nH]ccc34)C2=O)ccc1C(F)F. The maximum absolute atomic E-state index is 13.5. The number of amides is 2. The molecule has 0 atom stereocenters. The summed E-state index contributed by atoms with van der Waals surface area (Å²) < 4.78 is 32.7. The fraction of sp³-hybridized carbons (Fsp3) is 0.417. The second-order valence-corrected chi connectivity index (χ2v) is 8.00. The largest absolute Gasteiger partial charge is 0.493 e. The van der Waals surface area contributed by atoms with Gasteiger partial charge in [-0.05, 0) is 42.7 Å². The first-order valence-electron chi connectivity index (χ1n) is 11.1. The number of aromatic amines is 1. The lowest BCUT2D eigenvalue weighted by Gasteiger charge is -2.36. The minimum atomic E-state index is -2.63. The summed E-state index contributed by atoms with van der Waals surface area (Å²) in [4.78, 5) is 24.1. The summed E-state index contributed by atoms with van der Waals surface area (Å²) in [6.07, 6.45) is 4.52. The zero-order chi connectivity index (χ0) is 22.5. The molecule has 8 heteroatoms. The molecule has 32 heavy (non-hydrogen) atoms. The highest BCUT2D eigenvalue weighted by molar-refractivity contribution is 5.93. The molecular formula is C24H28F2N4O2. The molecule has 6 nitrogen and oxygen atoms in total. The number of anilines is 1. The molecule has 2 amide bonds. The zero-order valence-corrected chi connectivity index (χ0v) is 18.2. The van der Waals surface area contributed by atoms with E-state index in [9.17, 15) is 13.6 Å². The number of rotatable bonds is 9. The van der Waals surface area contributed by atoms with E-state index in [0.717, 1.165) is 42.3 Å². The quantitative estimate of drug-likeness (QED) is 0.420. The number of carbonyl (C=O) groups excluding carboxylic acids is 1. The standard InChI is InChI=1S/C24H28F2N4O2/c1-2-3-4-14-32-21-15-18(6-7-20(21)22(25)26)30-13-5-12-29(24(30)31)16-17-8-10-27-23-19(17)9-11-28-23/h6-11,15,22H,2-5,12-14,16H2,1H3,(H,27,28). The van der Waals surface area contributed by atoms with Crippen LogP contribution in [0.5, 0.6) is 5.75 Å². The van der Waals surface area contributed by atoms with E-state index >= 15 is 0 Å². The lowest BCUT2D eigenvalue weighted by atomic mass is 10.1. The second-order valence-electron chi connectivity index (χ2n) is 8.00. The molecule has 1 aliphatic rings. The van der Waals surface area contributed by atoms with Crippen molar-refractivity contribution in [3.63, 3.8) is 0 Å². The number of fused-ring (bicyclic) bond motifs is 1. The molecule has 0 unspecified atom stereocenters. The molecule has 4 rings (SSSR count). The van der Waals surface area contributed by atoms with Crippen LogP contribution in [0.3, 0.4) is 0 Å². The molecule has 1 fully saturated rings. The first kappa shape index (κ1) is 22.0. The van der Waals surface area contributed by atoms with E-state index in [1.165, 1.54) is 6.07 Å². The first-order valence-corrected chi connectivity index (χ1v) is 11.1. The maximum atomic E-state index is 13.5. The van der Waals surface area contributed by atoms with Gasteiger partial charge in [0, 0.05) is 49.2 Å². The first-order chi connectivity index (χ1) is 15.6. The molecule has 3 heterocycles. The van der Waals surface area contributed by atoms with Gasteiger partial charge in [-0.15, -0.1) is 0 Å². The van der Waals surface area contributed by atoms with Crippen molar-refractivity contribution in [1.29, 1.82) is 0 Å². The molecule has 0 bridgehead atoms. The number of carbonyl (C=O) groups is 1. The second kappa shape index (κ2) is 9.97. The van der Waals surface area contributed by atoms with Crippen molar-refractivity contribution in [1.82, 2.24) is 14.9 Å². The molecule has 1 aromatic carbocycles. The number of aromatic nitrogens is 2. The molecular weight excluding hydrogens is 414 g/mol. The fourth-order valence-electron chi connectivity index (χ4n) is 4.06. The molecule has 1 saturated heterocycles. The number of pyridine rings is 1. The number of halogens is 2. The third-order valence-corrected chi connectivity index (χ3v) is 5.77. The van der Waals surface area contributed by atoms with Crippen molar-refractivity contribution < 1.29 is 18.3 Å². The van der Waals surface area contributed by atoms with Gasteiger partial charge < -0.3 is 14.6 Å². The lowest BCUT2D eigenvalue weighted by Crippen LogP contribution is -2.49. The van der Waals surface area contributed by atoms with E-state index in [0.29, 0.717) is 31.9 Å². The van der Waals surface area contributed by atoms with Gasteiger partial charge in [0.25, 0.3) is 6.43 Å². The Morgan fingerprint density at radius 1 is 1.19 bits per heavy atom. The van der Waals surface area contributed by atoms with Crippen LogP contribution >= 0.6 is 0 Å². The normalized spacial score (nSPS) is 14.6. The van der Waals surface area contributed by atoms with E-state index < -0.39 is 6.43 Å². The van der Waals surface area contributed by atoms with Crippen molar-refractivity contribution in [2.45, 2.75) is 45.6 Å². The van der Waals surface area contributed by atoms with Crippen LogP contribution < -0.4 is 9.64 Å². The van der Waals surface area contributed by atoms with E-state index in [-0.39, 0.29) is 17.3 Å². The Kier molecular flexibility index (Phi) is 6.87. The van der Waals surface area contributed by atoms with Gasteiger partial charge in [0.15, 0.2) is 0 Å². The predicted octanol–water partition coefficient (Wildman–Crippen LogP) is 5.90. The summed E-state index contributed by atoms with van der Waals surface area (Å²) in [7, 11) is 0. The van der Waals surface area contributed by atoms with E-state index in [1.54, 1.807) is 28.1 Å². The number of hydrogen-bond donors (Lipinski definition) is 1. The molecule has 0 aliphatic carbocycles. The fourth-order valence-corrected chi connectivity index (χ4v) is 4.06. The number of ether oxygens (including phenoxy) is 1. The Balaban J connectivity index is 1.53. The summed E-state index contributed by atoms with van der Waals surface area (Å²) >= 11 is 0. The monoisotopic (exact) mass is 442 g/mol. The van der Waals surface area contributed by atoms with Gasteiger partial charge in [-0.2, -0.15) is 0 Å². The highest BCUT2D eigenvalue weighted by Gasteiger charge is 2.28. The van der Waals surface area contributed by atoms with Crippen molar-refractivity contribution >= 4 is 22.8 Å². The number of H-pyrrole nitrogens is 1. The summed E-state index contributed by atoms with van der Waals surface area (Å²) in [5.74, 6) is 0.154. The average Bonchev–Trinajstić information content (AvgIpc) is 3.28. The predicted molar refractivity (Wildman–Crippen MR) is 120 cm³/mol. The van der Waals surface area contributed by atoms with Gasteiger partial charge in [-0.1, -0.05) is 19.8 Å². The Hall–Kier alpha value is -3.16. The number of nitrogens with zero attached hydrogens (tertiary/aromatic N) is 3. The number of nitrogens with one attached hydrogen (secondary N) is 1. The molecule has 1 N–H and O–H groups in total. The summed E-state index contributed by atoms with van der Waals surface area (Å²) in [5.41, 5.74) is 2.24. The van der Waals surface area contributed by atoms with Gasteiger partial charge in [0.1, 0.15) is 11.4 Å². The summed E-state index contributed by atoms with van der Waals surface area (Å²) in [6.45, 7) is 4.09. The smallest absolute Gasteiger partial charge is 0.324 e. The summed E-state index contributed by atoms with van der Waals surface area (Å²) in [6, 6.07) is 8.26. The summed E-state index contributed by atoms with van der Waals surface area (Å²) in [5, 5.41) is 0.987. The van der Waals surface area contributed by atoms with E-state index in [1.807, 2.05) is 18.3 Å². The number of urea groups is 1. The molecule has 2 aromatic heterocycles. The van der Waals surface area contributed by atoms with Gasteiger partial charge in [-0.3, -0.25) is 4.90 Å². The van der Waals surface area contributed by atoms with Gasteiger partial charge in [0.2, 0.25) is 0 Å². The van der Waals surface area contributed by atoms with Crippen LogP contribution in [-0.4, -0.2) is 40.6 Å². The number of hydrogen-bond acceptors (Lipinski definition) is 3. The lowest BCUT2D eigenvalue weighted by molar-refractivity contribution is 0.145. The van der Waals surface area contributed by atoms with Crippen LogP contribution in [0.4, 0.5) is 19.3 Å². The molecule has 0 saturated carbocycles. The van der Waals surface area contributed by atoms with Crippen LogP contribution in [0.15, 0.2) is 42.7 Å². The zero-order valence-electron chi connectivity index (χ0n) is 18.2. The van der Waals surface area contributed by atoms with Crippen molar-refractivity contribution in [3.05, 3.63) is 53.9 Å². The topological polar surface area (TPSA) is 61.5 Å². The van der Waals surface area contributed by atoms with Crippen LogP contribution in [0.25, 0.3) is 11.0 Å². The number of unbranched alkanes of at least 4 members (excludes halogenated alkanes) is 2. The third kappa shape index (κ3) is 4.69. The highest BCUT2D eigenvalue weighted by atomic mass is 19.3. The van der Waals surface area contributed by atoms with Crippen LogP contribution in [-0.2, 0) is 6.54 Å². The minimum absolute atomic E-state index is 0.140. The van der Waals surface area contributed by atoms with E-state index in [4.69, 9.17) is 4.74 Å². The number of benzene rings is 1. The Morgan fingerprint density at radius 2 is 2.06 bits per heavy atom. The van der Waals surface area contributed by atoms with Gasteiger partial charge in [0.05, 0.1) is 12.2 Å². The molecule has 1 aliphatic heterocycles. The Morgan fingerprint density at radius 3 is 2.88 bits per heavy atom. The Labute approximate surface area is 186 Å². The molecule has 0 radical (unpaired) electrons. The third-order valence-electron chi connectivity index (χ3n) is 5.77. The van der Waals surface area contributed by atoms with Crippen LogP contribution in [0.1, 0.15) is 50.2 Å².